The van der Waals surface area contributed by atoms with Crippen molar-refractivity contribution in [2.24, 2.45) is 0 Å². The van der Waals surface area contributed by atoms with Gasteiger partial charge in [0.25, 0.3) is 5.91 Å². The van der Waals surface area contributed by atoms with Gasteiger partial charge in [0.2, 0.25) is 0 Å². The molecule has 0 saturated heterocycles. The Morgan fingerprint density at radius 2 is 2.05 bits per heavy atom. The predicted molar refractivity (Wildman–Crippen MR) is 76.7 cm³/mol. The van der Waals surface area contributed by atoms with E-state index in [2.05, 4.69) is 5.32 Å². The Morgan fingerprint density at radius 3 is 2.65 bits per heavy atom. The van der Waals surface area contributed by atoms with Crippen LogP contribution in [0, 0.1) is 0 Å². The van der Waals surface area contributed by atoms with Gasteiger partial charge in [-0.15, -0.1) is 0 Å². The van der Waals surface area contributed by atoms with Crippen molar-refractivity contribution in [3.8, 4) is 0 Å². The first kappa shape index (κ1) is 14.4. The van der Waals surface area contributed by atoms with Crippen LogP contribution < -0.4 is 5.32 Å². The van der Waals surface area contributed by atoms with E-state index in [1.807, 2.05) is 18.2 Å². The molecule has 1 saturated carbocycles. The topological polar surface area (TPSA) is 58.6 Å². The van der Waals surface area contributed by atoms with E-state index in [0.29, 0.717) is 12.2 Å². The highest BCUT2D eigenvalue weighted by Crippen LogP contribution is 2.29. The van der Waals surface area contributed by atoms with Gasteiger partial charge in [-0.3, -0.25) is 9.59 Å². The minimum atomic E-state index is -0.352. The number of anilines is 1. The number of esters is 1. The summed E-state index contributed by atoms with van der Waals surface area (Å²) in [5.74, 6) is -0.472. The lowest BCUT2D eigenvalue weighted by Gasteiger charge is -2.22. The van der Waals surface area contributed by atoms with Gasteiger partial charge in [0.1, 0.15) is 6.54 Å². The number of rotatable bonds is 6. The number of carbonyl (C=O) groups excluding carboxylic acids is 2. The molecule has 0 aromatic heterocycles. The first-order valence-corrected chi connectivity index (χ1v) is 6.90. The van der Waals surface area contributed by atoms with Crippen molar-refractivity contribution in [3.63, 3.8) is 0 Å². The fourth-order valence-corrected chi connectivity index (χ4v) is 2.14. The predicted octanol–water partition coefficient (Wildman–Crippen LogP) is 1.90. The van der Waals surface area contributed by atoms with E-state index < -0.39 is 0 Å². The Morgan fingerprint density at radius 1 is 1.35 bits per heavy atom. The molecule has 1 aliphatic carbocycles. The first-order valence-electron chi connectivity index (χ1n) is 6.90. The molecule has 0 unspecified atom stereocenters. The normalized spacial score (nSPS) is 13.7. The lowest BCUT2D eigenvalue weighted by Crippen LogP contribution is -2.38. The maximum absolute atomic E-state index is 12.6. The molecule has 1 aromatic rings. The Balaban J connectivity index is 2.16. The number of nitrogens with zero attached hydrogens (tertiary/aromatic N) is 1. The third-order valence-corrected chi connectivity index (χ3v) is 3.28. The highest BCUT2D eigenvalue weighted by atomic mass is 16.5. The second kappa shape index (κ2) is 6.41. The lowest BCUT2D eigenvalue weighted by molar-refractivity contribution is -0.144. The average Bonchev–Trinajstić information content (AvgIpc) is 3.29. The number of amides is 1. The van der Waals surface area contributed by atoms with E-state index in [1.165, 1.54) is 0 Å². The van der Waals surface area contributed by atoms with Gasteiger partial charge in [-0.05, 0) is 31.9 Å². The molecule has 0 spiro atoms. The molecule has 5 heteroatoms. The Kier molecular flexibility index (Phi) is 4.61. The molecule has 5 nitrogen and oxygen atoms in total. The van der Waals surface area contributed by atoms with Gasteiger partial charge in [0, 0.05) is 18.8 Å². The number of hydrogen-bond donors (Lipinski definition) is 1. The molecule has 1 fully saturated rings. The molecule has 0 atom stereocenters. The van der Waals surface area contributed by atoms with Crippen molar-refractivity contribution < 1.29 is 14.3 Å². The van der Waals surface area contributed by atoms with Crippen molar-refractivity contribution >= 4 is 17.6 Å². The number of nitrogens with one attached hydrogen (secondary N) is 1. The van der Waals surface area contributed by atoms with Gasteiger partial charge in [0.15, 0.2) is 0 Å². The quantitative estimate of drug-likeness (QED) is 0.806. The van der Waals surface area contributed by atoms with Gasteiger partial charge in [-0.1, -0.05) is 12.1 Å². The monoisotopic (exact) mass is 276 g/mol. The molecule has 1 amide bonds. The summed E-state index contributed by atoms with van der Waals surface area (Å²) >= 11 is 0. The first-order chi connectivity index (χ1) is 9.67. The van der Waals surface area contributed by atoms with Crippen LogP contribution in [-0.4, -0.2) is 43.0 Å². The van der Waals surface area contributed by atoms with Crippen LogP contribution in [0.25, 0.3) is 0 Å². The Labute approximate surface area is 118 Å². The lowest BCUT2D eigenvalue weighted by atomic mass is 10.1. The summed E-state index contributed by atoms with van der Waals surface area (Å²) < 4.78 is 4.94. The van der Waals surface area contributed by atoms with Gasteiger partial charge >= 0.3 is 5.97 Å². The zero-order valence-electron chi connectivity index (χ0n) is 11.9. The van der Waals surface area contributed by atoms with Gasteiger partial charge in [0.05, 0.1) is 12.2 Å². The maximum atomic E-state index is 12.6. The van der Waals surface area contributed by atoms with Crippen LogP contribution in [-0.2, 0) is 9.53 Å². The fourth-order valence-electron chi connectivity index (χ4n) is 2.14. The number of carbonyl (C=O) groups is 2. The second-order valence-electron chi connectivity index (χ2n) is 4.76. The van der Waals surface area contributed by atoms with Crippen molar-refractivity contribution in [1.82, 2.24) is 4.90 Å². The molecule has 2 rings (SSSR count). The maximum Gasteiger partial charge on any atom is 0.325 e. The highest BCUT2D eigenvalue weighted by Gasteiger charge is 2.35. The Hall–Kier alpha value is -2.04. The molecule has 20 heavy (non-hydrogen) atoms. The van der Waals surface area contributed by atoms with E-state index in [-0.39, 0.29) is 24.5 Å². The van der Waals surface area contributed by atoms with Crippen molar-refractivity contribution in [2.75, 3.05) is 25.5 Å². The summed E-state index contributed by atoms with van der Waals surface area (Å²) in [6, 6.07) is 7.48. The second-order valence-corrected chi connectivity index (χ2v) is 4.76. The van der Waals surface area contributed by atoms with Crippen LogP contribution in [0.4, 0.5) is 5.69 Å². The smallest absolute Gasteiger partial charge is 0.325 e. The number of hydrogen-bond acceptors (Lipinski definition) is 4. The van der Waals surface area contributed by atoms with Crippen LogP contribution in [0.15, 0.2) is 24.3 Å². The molecule has 108 valence electrons. The average molecular weight is 276 g/mol. The number of ether oxygens (including phenoxy) is 1. The van der Waals surface area contributed by atoms with E-state index in [0.717, 1.165) is 18.5 Å². The molecule has 1 N–H and O–H groups in total. The highest BCUT2D eigenvalue weighted by molar-refractivity contribution is 6.01. The van der Waals surface area contributed by atoms with Crippen LogP contribution in [0.3, 0.4) is 0 Å². The number of benzene rings is 1. The van der Waals surface area contributed by atoms with Crippen LogP contribution in [0.5, 0.6) is 0 Å². The zero-order valence-corrected chi connectivity index (χ0v) is 11.9. The molecule has 0 bridgehead atoms. The Bertz CT molecular complexity index is 498. The molecule has 0 heterocycles. The van der Waals surface area contributed by atoms with Crippen molar-refractivity contribution in [1.29, 1.82) is 0 Å². The van der Waals surface area contributed by atoms with E-state index in [4.69, 9.17) is 4.74 Å². The fraction of sp³-hybridized carbons (Fsp3) is 0.467. The summed E-state index contributed by atoms with van der Waals surface area (Å²) in [5, 5.41) is 3.01. The van der Waals surface area contributed by atoms with Gasteiger partial charge in [-0.2, -0.15) is 0 Å². The van der Waals surface area contributed by atoms with Crippen molar-refractivity contribution in [2.45, 2.75) is 25.8 Å². The summed E-state index contributed by atoms with van der Waals surface area (Å²) in [4.78, 5) is 25.9. The third-order valence-electron chi connectivity index (χ3n) is 3.28. The van der Waals surface area contributed by atoms with Crippen LogP contribution in [0.2, 0.25) is 0 Å². The van der Waals surface area contributed by atoms with Gasteiger partial charge in [-0.25, -0.2) is 0 Å². The van der Waals surface area contributed by atoms with E-state index in [9.17, 15) is 9.59 Å². The van der Waals surface area contributed by atoms with Crippen molar-refractivity contribution in [3.05, 3.63) is 29.8 Å². The molecular weight excluding hydrogens is 256 g/mol. The zero-order chi connectivity index (χ0) is 14.5. The van der Waals surface area contributed by atoms with E-state index in [1.54, 1.807) is 24.9 Å². The van der Waals surface area contributed by atoms with Gasteiger partial charge < -0.3 is 15.0 Å². The molecule has 0 radical (unpaired) electrons. The standard InChI is InChI=1S/C15H20N2O3/c1-3-20-14(18)10-17(11-8-9-11)15(19)12-6-4-5-7-13(12)16-2/h4-7,11,16H,3,8-10H2,1-2H3. The minimum absolute atomic E-state index is 0.0232. The largest absolute Gasteiger partial charge is 0.465 e. The third kappa shape index (κ3) is 3.29. The minimum Gasteiger partial charge on any atom is -0.465 e. The summed E-state index contributed by atoms with van der Waals surface area (Å²) in [6.07, 6.45) is 1.90. The molecule has 1 aliphatic rings. The molecule has 0 aliphatic heterocycles. The summed E-state index contributed by atoms with van der Waals surface area (Å²) in [6.45, 7) is 2.12. The van der Waals surface area contributed by atoms with E-state index >= 15 is 0 Å². The van der Waals surface area contributed by atoms with Crippen LogP contribution >= 0.6 is 0 Å². The summed E-state index contributed by atoms with van der Waals surface area (Å²) in [5.41, 5.74) is 1.36. The summed E-state index contributed by atoms with van der Waals surface area (Å²) in [7, 11) is 1.78. The number of para-hydroxylation sites is 1. The molecule has 1 aromatic carbocycles. The molecular formula is C15H20N2O3. The van der Waals surface area contributed by atoms with Crippen LogP contribution in [0.1, 0.15) is 30.1 Å². The SMILES string of the molecule is CCOC(=O)CN(C(=O)c1ccccc1NC)C1CC1.